The summed E-state index contributed by atoms with van der Waals surface area (Å²) in [5.74, 6) is -1.55. The standard InChI is InChI=1S/C19H14Cl2N2O4/c1-10-14(20)8-15(21)18(22-10)23-17(25)9-27-19(26)13-6-11-4-2-3-5-12(11)7-16(13)24/h2-8,24H,9H2,1H3,(H,22,23,25). The van der Waals surface area contributed by atoms with Gasteiger partial charge in [0.25, 0.3) is 5.91 Å². The molecule has 138 valence electrons. The highest BCUT2D eigenvalue weighted by Gasteiger charge is 2.17. The minimum atomic E-state index is -0.820. The van der Waals surface area contributed by atoms with Gasteiger partial charge in [-0.1, -0.05) is 47.5 Å². The van der Waals surface area contributed by atoms with Crippen molar-refractivity contribution in [3.63, 3.8) is 0 Å². The maximum absolute atomic E-state index is 12.2. The molecule has 0 atom stereocenters. The SMILES string of the molecule is Cc1nc(NC(=O)COC(=O)c2cc3ccccc3cc2O)c(Cl)cc1Cl. The maximum Gasteiger partial charge on any atom is 0.342 e. The van der Waals surface area contributed by atoms with Crippen molar-refractivity contribution in [2.75, 3.05) is 11.9 Å². The molecule has 1 heterocycles. The number of anilines is 1. The number of nitrogens with one attached hydrogen (secondary N) is 1. The van der Waals surface area contributed by atoms with E-state index in [-0.39, 0.29) is 22.2 Å². The van der Waals surface area contributed by atoms with E-state index in [1.807, 2.05) is 18.2 Å². The van der Waals surface area contributed by atoms with Crippen LogP contribution in [0.2, 0.25) is 10.0 Å². The third-order valence-electron chi connectivity index (χ3n) is 3.78. The topological polar surface area (TPSA) is 88.5 Å². The van der Waals surface area contributed by atoms with Gasteiger partial charge >= 0.3 is 5.97 Å². The number of hydrogen-bond donors (Lipinski definition) is 2. The number of benzene rings is 2. The van der Waals surface area contributed by atoms with Gasteiger partial charge in [0.05, 0.1) is 15.7 Å². The number of fused-ring (bicyclic) bond motifs is 1. The zero-order valence-electron chi connectivity index (χ0n) is 14.1. The number of ether oxygens (including phenoxy) is 1. The number of aromatic nitrogens is 1. The minimum absolute atomic E-state index is 0.0278. The average Bonchev–Trinajstić information content (AvgIpc) is 2.63. The molecule has 0 aliphatic carbocycles. The van der Waals surface area contributed by atoms with Crippen LogP contribution in [0, 0.1) is 6.92 Å². The number of hydrogen-bond acceptors (Lipinski definition) is 5. The van der Waals surface area contributed by atoms with E-state index in [4.69, 9.17) is 27.9 Å². The Kier molecular flexibility index (Phi) is 5.48. The van der Waals surface area contributed by atoms with Gasteiger partial charge in [0.2, 0.25) is 0 Å². The summed E-state index contributed by atoms with van der Waals surface area (Å²) in [6.45, 7) is 1.10. The number of phenols is 1. The van der Waals surface area contributed by atoms with Gasteiger partial charge in [-0.25, -0.2) is 9.78 Å². The normalized spacial score (nSPS) is 10.6. The summed E-state index contributed by atoms with van der Waals surface area (Å²) in [6.07, 6.45) is 0. The fourth-order valence-electron chi connectivity index (χ4n) is 2.41. The fraction of sp³-hybridized carbons (Fsp3) is 0.105. The largest absolute Gasteiger partial charge is 0.507 e. The van der Waals surface area contributed by atoms with E-state index in [0.717, 1.165) is 10.8 Å². The molecule has 3 rings (SSSR count). The molecule has 2 aromatic carbocycles. The van der Waals surface area contributed by atoms with Crippen LogP contribution in [-0.4, -0.2) is 28.6 Å². The van der Waals surface area contributed by atoms with Crippen LogP contribution in [0.25, 0.3) is 10.8 Å². The van der Waals surface area contributed by atoms with Crippen molar-refractivity contribution in [2.45, 2.75) is 6.92 Å². The van der Waals surface area contributed by atoms with E-state index >= 15 is 0 Å². The fourth-order valence-corrected chi connectivity index (χ4v) is 2.82. The number of aromatic hydroxyl groups is 1. The Hall–Kier alpha value is -2.83. The molecule has 8 heteroatoms. The van der Waals surface area contributed by atoms with E-state index in [1.165, 1.54) is 18.2 Å². The third-order valence-corrected chi connectivity index (χ3v) is 4.45. The minimum Gasteiger partial charge on any atom is -0.507 e. The molecule has 1 aromatic heterocycles. The number of pyridine rings is 1. The van der Waals surface area contributed by atoms with Crippen molar-refractivity contribution in [3.05, 3.63) is 63.8 Å². The van der Waals surface area contributed by atoms with Crippen LogP contribution in [0.4, 0.5) is 5.82 Å². The molecule has 0 aliphatic heterocycles. The van der Waals surface area contributed by atoms with Crippen LogP contribution in [0.15, 0.2) is 42.5 Å². The van der Waals surface area contributed by atoms with Crippen molar-refractivity contribution in [1.82, 2.24) is 4.98 Å². The number of phenolic OH excluding ortho intramolecular Hbond substituents is 1. The summed E-state index contributed by atoms with van der Waals surface area (Å²) in [6, 6.07) is 11.7. The highest BCUT2D eigenvalue weighted by molar-refractivity contribution is 6.36. The number of rotatable bonds is 4. The number of aryl methyl sites for hydroxylation is 1. The summed E-state index contributed by atoms with van der Waals surface area (Å²) in [5.41, 5.74) is 0.467. The number of carbonyl (C=O) groups is 2. The monoisotopic (exact) mass is 404 g/mol. The lowest BCUT2D eigenvalue weighted by Gasteiger charge is -2.10. The quantitative estimate of drug-likeness (QED) is 0.630. The van der Waals surface area contributed by atoms with Crippen LogP contribution in [-0.2, 0) is 9.53 Å². The second-order valence-electron chi connectivity index (χ2n) is 5.73. The van der Waals surface area contributed by atoms with E-state index in [0.29, 0.717) is 10.7 Å². The molecule has 3 aromatic rings. The summed E-state index contributed by atoms with van der Waals surface area (Å²) in [7, 11) is 0. The van der Waals surface area contributed by atoms with Gasteiger partial charge in [-0.05, 0) is 35.9 Å². The highest BCUT2D eigenvalue weighted by Crippen LogP contribution is 2.26. The van der Waals surface area contributed by atoms with Crippen LogP contribution in [0.5, 0.6) is 5.75 Å². The molecule has 0 radical (unpaired) electrons. The Balaban J connectivity index is 1.68. The van der Waals surface area contributed by atoms with Crippen molar-refractivity contribution in [3.8, 4) is 5.75 Å². The second-order valence-corrected chi connectivity index (χ2v) is 6.54. The molecule has 0 fully saturated rings. The van der Waals surface area contributed by atoms with E-state index in [9.17, 15) is 14.7 Å². The first-order valence-corrected chi connectivity index (χ1v) is 8.62. The Morgan fingerprint density at radius 2 is 1.78 bits per heavy atom. The van der Waals surface area contributed by atoms with Gasteiger partial charge in [0.15, 0.2) is 12.4 Å². The van der Waals surface area contributed by atoms with Crippen molar-refractivity contribution < 1.29 is 19.4 Å². The van der Waals surface area contributed by atoms with E-state index in [2.05, 4.69) is 10.3 Å². The van der Waals surface area contributed by atoms with E-state index < -0.39 is 18.5 Å². The molecule has 1 amide bonds. The first-order chi connectivity index (χ1) is 12.8. The van der Waals surface area contributed by atoms with Gasteiger partial charge in [-0.2, -0.15) is 0 Å². The summed E-state index contributed by atoms with van der Waals surface area (Å²) < 4.78 is 4.98. The van der Waals surface area contributed by atoms with Gasteiger partial charge in [0, 0.05) is 0 Å². The molecule has 2 N–H and O–H groups in total. The van der Waals surface area contributed by atoms with Crippen molar-refractivity contribution >= 4 is 51.7 Å². The van der Waals surface area contributed by atoms with Crippen molar-refractivity contribution in [1.29, 1.82) is 0 Å². The Morgan fingerprint density at radius 3 is 2.48 bits per heavy atom. The summed E-state index contributed by atoms with van der Waals surface area (Å²) in [5, 5.41) is 14.6. The maximum atomic E-state index is 12.2. The zero-order valence-corrected chi connectivity index (χ0v) is 15.6. The molecule has 0 bridgehead atoms. The Labute approximate surface area is 164 Å². The Morgan fingerprint density at radius 1 is 1.11 bits per heavy atom. The molecule has 0 saturated carbocycles. The molecule has 0 saturated heterocycles. The molecule has 0 aliphatic rings. The van der Waals surface area contributed by atoms with Crippen LogP contribution in [0.1, 0.15) is 16.1 Å². The van der Waals surface area contributed by atoms with E-state index in [1.54, 1.807) is 13.0 Å². The van der Waals surface area contributed by atoms with Crippen LogP contribution in [0.3, 0.4) is 0 Å². The summed E-state index contributed by atoms with van der Waals surface area (Å²) >= 11 is 11.9. The van der Waals surface area contributed by atoms with Crippen LogP contribution >= 0.6 is 23.2 Å². The average molecular weight is 405 g/mol. The first kappa shape index (κ1) is 18.9. The number of amides is 1. The number of esters is 1. The lowest BCUT2D eigenvalue weighted by molar-refractivity contribution is -0.119. The zero-order chi connectivity index (χ0) is 19.6. The number of nitrogens with zero attached hydrogens (tertiary/aromatic N) is 1. The second kappa shape index (κ2) is 7.82. The van der Waals surface area contributed by atoms with Crippen LogP contribution < -0.4 is 5.32 Å². The van der Waals surface area contributed by atoms with Crippen molar-refractivity contribution in [2.24, 2.45) is 0 Å². The molecular weight excluding hydrogens is 391 g/mol. The molecule has 0 spiro atoms. The third kappa shape index (κ3) is 4.30. The number of carbonyl (C=O) groups excluding carboxylic acids is 2. The Bertz CT molecular complexity index is 1050. The van der Waals surface area contributed by atoms with Gasteiger partial charge in [-0.15, -0.1) is 0 Å². The summed E-state index contributed by atoms with van der Waals surface area (Å²) in [4.78, 5) is 28.3. The molecule has 27 heavy (non-hydrogen) atoms. The van der Waals surface area contributed by atoms with Gasteiger partial charge in [0.1, 0.15) is 11.3 Å². The van der Waals surface area contributed by atoms with Gasteiger partial charge in [-0.3, -0.25) is 4.79 Å². The van der Waals surface area contributed by atoms with Gasteiger partial charge < -0.3 is 15.2 Å². The highest BCUT2D eigenvalue weighted by atomic mass is 35.5. The number of halogens is 2. The lowest BCUT2D eigenvalue weighted by atomic mass is 10.1. The first-order valence-electron chi connectivity index (χ1n) is 7.86. The molecular formula is C19H14Cl2N2O4. The molecule has 6 nitrogen and oxygen atoms in total. The molecule has 0 unspecified atom stereocenters. The lowest BCUT2D eigenvalue weighted by Crippen LogP contribution is -2.22. The predicted molar refractivity (Wildman–Crippen MR) is 104 cm³/mol. The predicted octanol–water partition coefficient (Wildman–Crippen LogP) is 4.35. The smallest absolute Gasteiger partial charge is 0.342 e.